The van der Waals surface area contributed by atoms with E-state index < -0.39 is 0 Å². The van der Waals surface area contributed by atoms with Crippen molar-refractivity contribution < 1.29 is 75.5 Å². The van der Waals surface area contributed by atoms with E-state index in [1.807, 2.05) is 197 Å². The normalized spacial score (nSPS) is 9.94. The van der Waals surface area contributed by atoms with E-state index in [9.17, 15) is 0 Å². The first kappa shape index (κ1) is 52.8. The van der Waals surface area contributed by atoms with E-state index in [-0.39, 0.29) is 75.5 Å². The van der Waals surface area contributed by atoms with Crippen LogP contribution in [0.2, 0.25) is 0 Å². The molecule has 10 aromatic heterocycles. The zero-order valence-electron chi connectivity index (χ0n) is 38.4. The number of rotatable bonds is 7. The Bertz CT molecular complexity index is 2740. The molecule has 8 N–H and O–H groups in total. The molecule has 0 amide bonds. The van der Waals surface area contributed by atoms with E-state index in [2.05, 4.69) is 65.9 Å². The molecule has 0 aliphatic rings. The Hall–Kier alpha value is -6.12. The minimum absolute atomic E-state index is 0. The van der Waals surface area contributed by atoms with Crippen molar-refractivity contribution >= 4 is 22.1 Å². The number of para-hydroxylation sites is 4. The van der Waals surface area contributed by atoms with Gasteiger partial charge in [-0.1, -0.05) is 38.1 Å². The number of fused-ring (bicyclic) bond motifs is 2. The second-order valence-electron chi connectivity index (χ2n) is 14.9. The van der Waals surface area contributed by atoms with Crippen molar-refractivity contribution in [2.24, 2.45) is 0 Å². The Morgan fingerprint density at radius 1 is 0.338 bits per heavy atom. The van der Waals surface area contributed by atoms with Gasteiger partial charge in [0.2, 0.25) is 0 Å². The van der Waals surface area contributed by atoms with Gasteiger partial charge in [0.1, 0.15) is 11.4 Å². The van der Waals surface area contributed by atoms with Gasteiger partial charge in [0.05, 0.1) is 44.8 Å². The van der Waals surface area contributed by atoms with E-state index in [0.29, 0.717) is 0 Å². The Kier molecular flexibility index (Phi) is 22.0. The maximum atomic E-state index is 4.78. The predicted octanol–water partition coefficient (Wildman–Crippen LogP) is 13.0. The molecule has 0 radical (unpaired) electrons. The second kappa shape index (κ2) is 28.3. The number of aromatic nitrogens is 12. The van der Waals surface area contributed by atoms with Crippen molar-refractivity contribution in [1.29, 1.82) is 0 Å². The molecule has 0 fully saturated rings. The van der Waals surface area contributed by atoms with Crippen LogP contribution in [0.3, 0.4) is 0 Å². The van der Waals surface area contributed by atoms with E-state index in [0.717, 1.165) is 80.2 Å². The molecular formula is C54H56Ar2N12. The van der Waals surface area contributed by atoms with E-state index in [1.54, 1.807) is 0 Å². The Morgan fingerprint density at radius 2 is 0.676 bits per heavy atom. The van der Waals surface area contributed by atoms with Crippen LogP contribution in [0.4, 0.5) is 0 Å². The van der Waals surface area contributed by atoms with Crippen LogP contribution in [0.1, 0.15) is 36.4 Å². The van der Waals surface area contributed by atoms with E-state index >= 15 is 0 Å². The fraction of sp³-hybridized carbons (Fsp3) is 0.111. The number of hydrogen-bond donors (Lipinski definition) is 8. The van der Waals surface area contributed by atoms with Crippen molar-refractivity contribution in [1.82, 2.24) is 59.8 Å². The molecule has 12 rings (SSSR count). The molecule has 68 heavy (non-hydrogen) atoms. The van der Waals surface area contributed by atoms with Gasteiger partial charge in [0, 0.05) is 172 Å². The van der Waals surface area contributed by atoms with Crippen LogP contribution in [0, 0.1) is 89.3 Å². The van der Waals surface area contributed by atoms with Crippen molar-refractivity contribution in [2.75, 3.05) is 0 Å². The smallest absolute Gasteiger partial charge is 0.115 e. The number of nitrogens with one attached hydrogen (secondary N) is 8. The monoisotopic (exact) mass is 952 g/mol. The first-order valence-electron chi connectivity index (χ1n) is 22.1. The zero-order chi connectivity index (χ0) is 45.8. The summed E-state index contributed by atoms with van der Waals surface area (Å²) >= 11 is 0. The van der Waals surface area contributed by atoms with Gasteiger partial charge in [-0.25, -0.2) is 19.9 Å². The van der Waals surface area contributed by atoms with Gasteiger partial charge in [-0.05, 0) is 135 Å². The Balaban J connectivity index is 0.000000168. The summed E-state index contributed by atoms with van der Waals surface area (Å²) in [4.78, 5) is 43.9. The molecular weight excluding hydrogens is 897 g/mol. The number of aromatic amines is 8. The SMILES string of the molecule is CC.Cc1cc[nH]c1.Cc1cc[nH]c1.[Ar].[Ar].c1c[nH]c(-c2nc3ccccc3nc2-c2ccc[nH]2)c1.c1c[nH]c(CCc2ccc[nH]2)c1.c1ccc2nc(-c3cc[nH]c3)c(-c3cc[nH]c3)nc2c1. The maximum absolute atomic E-state index is 4.78. The van der Waals surface area contributed by atoms with Gasteiger partial charge in [-0.2, -0.15) is 0 Å². The van der Waals surface area contributed by atoms with Crippen molar-refractivity contribution in [3.63, 3.8) is 0 Å². The average molecular weight is 953 g/mol. The first-order valence-corrected chi connectivity index (χ1v) is 22.1. The molecule has 0 saturated heterocycles. The molecule has 12 aromatic rings. The number of nitrogens with zero attached hydrogens (tertiary/aromatic N) is 4. The average Bonchev–Trinajstić information content (AvgIpc) is 4.19. The molecule has 348 valence electrons. The van der Waals surface area contributed by atoms with Crippen LogP contribution in [0.15, 0.2) is 196 Å². The quantitative estimate of drug-likeness (QED) is 0.0793. The van der Waals surface area contributed by atoms with E-state index in [4.69, 9.17) is 19.9 Å². The van der Waals surface area contributed by atoms with Crippen molar-refractivity contribution in [3.05, 3.63) is 218 Å². The minimum Gasteiger partial charge on any atom is -0.367 e. The fourth-order valence-corrected chi connectivity index (χ4v) is 6.81. The van der Waals surface area contributed by atoms with Crippen LogP contribution in [-0.4, -0.2) is 59.8 Å². The van der Waals surface area contributed by atoms with Crippen molar-refractivity contribution in [3.8, 4) is 45.3 Å². The van der Waals surface area contributed by atoms with Gasteiger partial charge in [-0.15, -0.1) is 0 Å². The van der Waals surface area contributed by atoms with Crippen LogP contribution >= 0.6 is 0 Å². The fourth-order valence-electron chi connectivity index (χ4n) is 6.81. The predicted molar refractivity (Wildman–Crippen MR) is 270 cm³/mol. The molecule has 0 unspecified atom stereocenters. The maximum Gasteiger partial charge on any atom is 0.115 e. The number of aryl methyl sites for hydroxylation is 4. The summed E-state index contributed by atoms with van der Waals surface area (Å²) in [5, 5.41) is 0. The molecule has 0 spiro atoms. The Labute approximate surface area is 456 Å². The number of H-pyrrole nitrogens is 8. The summed E-state index contributed by atoms with van der Waals surface area (Å²) in [6, 6.07) is 40.1. The molecule has 14 heteroatoms. The third-order valence-electron chi connectivity index (χ3n) is 10.1. The van der Waals surface area contributed by atoms with Crippen LogP contribution < -0.4 is 0 Å². The Morgan fingerprint density at radius 3 is 0.941 bits per heavy atom. The number of benzene rings is 2. The van der Waals surface area contributed by atoms with Gasteiger partial charge in [-0.3, -0.25) is 0 Å². The molecule has 0 bridgehead atoms. The van der Waals surface area contributed by atoms with Crippen molar-refractivity contribution in [2.45, 2.75) is 40.5 Å². The van der Waals surface area contributed by atoms with Gasteiger partial charge in [0.25, 0.3) is 0 Å². The molecule has 0 aliphatic heterocycles. The molecule has 2 aromatic carbocycles. The third kappa shape index (κ3) is 15.2. The molecule has 0 saturated carbocycles. The van der Waals surface area contributed by atoms with Crippen LogP contribution in [0.5, 0.6) is 0 Å². The summed E-state index contributed by atoms with van der Waals surface area (Å²) in [5.41, 5.74) is 16.3. The van der Waals surface area contributed by atoms with Crippen LogP contribution in [-0.2, 0) is 12.8 Å². The van der Waals surface area contributed by atoms with Crippen LogP contribution in [0.25, 0.3) is 67.4 Å². The molecule has 0 atom stereocenters. The van der Waals surface area contributed by atoms with Gasteiger partial charge < -0.3 is 39.9 Å². The second-order valence-corrected chi connectivity index (χ2v) is 14.9. The first-order chi connectivity index (χ1) is 32.6. The third-order valence-corrected chi connectivity index (χ3v) is 10.1. The standard InChI is InChI=1S/2C16H12N4.C10H12N2.2C5H7N.C2H6.2Ar/c1-2-6-12-11(5-1)19-15(13-7-3-9-17-13)16(20-12)14-8-4-10-18-14;1-2-4-14-13(3-1)19-15(11-5-7-17-9-11)16(20-14)12-6-8-18-10-12;1-3-9(11-7-1)5-6-10-4-2-8-12-10;2*1-5-2-3-6-4-5;1-2;;/h2*1-10,17-18H;1-4,7-8,11-12H,5-6H2;2*2-4,6H,1H3;1-2H3;;. The largest absolute Gasteiger partial charge is 0.367 e. The van der Waals surface area contributed by atoms with Gasteiger partial charge in [0.15, 0.2) is 0 Å². The molecule has 0 aliphatic carbocycles. The van der Waals surface area contributed by atoms with E-state index in [1.165, 1.54) is 22.5 Å². The van der Waals surface area contributed by atoms with Gasteiger partial charge >= 0.3 is 0 Å². The number of hydrogen-bond acceptors (Lipinski definition) is 4. The molecule has 12 nitrogen and oxygen atoms in total. The summed E-state index contributed by atoms with van der Waals surface area (Å²) in [6.07, 6.45) is 25.3. The zero-order valence-corrected chi connectivity index (χ0v) is 39.8. The summed E-state index contributed by atoms with van der Waals surface area (Å²) in [5.74, 6) is 0. The summed E-state index contributed by atoms with van der Waals surface area (Å²) < 4.78 is 0. The molecule has 10 heterocycles. The summed E-state index contributed by atoms with van der Waals surface area (Å²) in [7, 11) is 0. The topological polar surface area (TPSA) is 178 Å². The summed E-state index contributed by atoms with van der Waals surface area (Å²) in [6.45, 7) is 8.10. The minimum atomic E-state index is 0.